The molecule has 0 aliphatic carbocycles. The number of hydrogen-bond acceptors (Lipinski definition) is 0. The quantitative estimate of drug-likeness (QED) is 0.632. The summed E-state index contributed by atoms with van der Waals surface area (Å²) in [6.45, 7) is 4.04. The van der Waals surface area contributed by atoms with Gasteiger partial charge in [-0.15, -0.1) is 0 Å². The molecule has 2 aromatic carbocycles. The van der Waals surface area contributed by atoms with Gasteiger partial charge in [0.2, 0.25) is 0 Å². The summed E-state index contributed by atoms with van der Waals surface area (Å²) in [5, 5.41) is 0.155. The van der Waals surface area contributed by atoms with Gasteiger partial charge < -0.3 is 0 Å². The molecule has 0 saturated heterocycles. The molecule has 0 N–H and O–H groups in total. The van der Waals surface area contributed by atoms with Crippen LogP contribution in [0, 0.1) is 19.7 Å². The maximum Gasteiger partial charge on any atom is 0.146 e. The molecule has 0 saturated carbocycles. The Morgan fingerprint density at radius 2 is 1.83 bits per heavy atom. The Kier molecular flexibility index (Phi) is 4.08. The third kappa shape index (κ3) is 2.60. The molecule has 1 unspecified atom stereocenters. The smallest absolute Gasteiger partial charge is 0.146 e. The van der Waals surface area contributed by atoms with E-state index in [1.165, 1.54) is 0 Å². The summed E-state index contributed by atoms with van der Waals surface area (Å²) in [6, 6.07) is 11.2. The second kappa shape index (κ2) is 5.41. The minimum atomic E-state index is -0.359. The van der Waals surface area contributed by atoms with Crippen LogP contribution < -0.4 is 0 Å². The fraction of sp³-hybridized carbons (Fsp3) is 0.200. The standard InChI is InChI=1S/C15H13BrClF/c1-9-6-7-10(2)12(8-9)14(16)11-4-3-5-13(17)15(11)18/h3-8,14H,1-2H3. The number of hydrogen-bond donors (Lipinski definition) is 0. The minimum absolute atomic E-state index is 0.155. The molecule has 0 nitrogen and oxygen atoms in total. The molecule has 0 aliphatic heterocycles. The van der Waals surface area contributed by atoms with Crippen LogP contribution in [-0.4, -0.2) is 0 Å². The summed E-state index contributed by atoms with van der Waals surface area (Å²) >= 11 is 9.39. The zero-order valence-electron chi connectivity index (χ0n) is 10.2. The van der Waals surface area contributed by atoms with Crippen LogP contribution >= 0.6 is 27.5 Å². The first kappa shape index (κ1) is 13.6. The van der Waals surface area contributed by atoms with E-state index < -0.39 is 0 Å². The molecule has 0 aliphatic rings. The van der Waals surface area contributed by atoms with Crippen molar-refractivity contribution in [2.45, 2.75) is 18.7 Å². The summed E-state index contributed by atoms with van der Waals surface area (Å²) in [7, 11) is 0. The topological polar surface area (TPSA) is 0 Å². The first-order valence-electron chi connectivity index (χ1n) is 5.66. The van der Waals surface area contributed by atoms with Crippen molar-refractivity contribution in [1.29, 1.82) is 0 Å². The minimum Gasteiger partial charge on any atom is -0.205 e. The number of benzene rings is 2. The van der Waals surface area contributed by atoms with Gasteiger partial charge in [0, 0.05) is 5.56 Å². The van der Waals surface area contributed by atoms with E-state index in [0.717, 1.165) is 16.7 Å². The van der Waals surface area contributed by atoms with Crippen molar-refractivity contribution in [2.24, 2.45) is 0 Å². The van der Waals surface area contributed by atoms with Gasteiger partial charge in [-0.2, -0.15) is 0 Å². The van der Waals surface area contributed by atoms with Crippen LogP contribution in [0.1, 0.15) is 27.1 Å². The number of rotatable bonds is 2. The molecule has 1 atom stereocenters. The third-order valence-corrected chi connectivity index (χ3v) is 4.24. The Balaban J connectivity index is 2.51. The van der Waals surface area contributed by atoms with Gasteiger partial charge in [0.15, 0.2) is 0 Å². The normalized spacial score (nSPS) is 12.5. The predicted octanol–water partition coefficient (Wildman–Crippen LogP) is 5.58. The Labute approximate surface area is 120 Å². The van der Waals surface area contributed by atoms with E-state index >= 15 is 0 Å². The Morgan fingerprint density at radius 1 is 1.11 bits per heavy atom. The van der Waals surface area contributed by atoms with Crippen molar-refractivity contribution in [3.8, 4) is 0 Å². The molecule has 18 heavy (non-hydrogen) atoms. The summed E-state index contributed by atoms with van der Waals surface area (Å²) in [5.74, 6) is -0.359. The third-order valence-electron chi connectivity index (χ3n) is 2.96. The molecular weight excluding hydrogens is 315 g/mol. The van der Waals surface area contributed by atoms with E-state index in [9.17, 15) is 4.39 Å². The van der Waals surface area contributed by atoms with Crippen molar-refractivity contribution in [3.63, 3.8) is 0 Å². The lowest BCUT2D eigenvalue weighted by molar-refractivity contribution is 0.614. The molecule has 0 radical (unpaired) electrons. The van der Waals surface area contributed by atoms with Crippen LogP contribution in [0.3, 0.4) is 0 Å². The van der Waals surface area contributed by atoms with E-state index in [-0.39, 0.29) is 15.7 Å². The Hall–Kier alpha value is -0.860. The van der Waals surface area contributed by atoms with Crippen molar-refractivity contribution in [3.05, 3.63) is 69.5 Å². The maximum absolute atomic E-state index is 14.0. The van der Waals surface area contributed by atoms with Gasteiger partial charge >= 0.3 is 0 Å². The molecule has 0 fully saturated rings. The van der Waals surface area contributed by atoms with Crippen LogP contribution in [0.15, 0.2) is 36.4 Å². The zero-order valence-corrected chi connectivity index (χ0v) is 12.5. The largest absolute Gasteiger partial charge is 0.205 e. The van der Waals surface area contributed by atoms with Gasteiger partial charge in [0.25, 0.3) is 0 Å². The van der Waals surface area contributed by atoms with Gasteiger partial charge in [0.1, 0.15) is 5.82 Å². The molecule has 2 rings (SSSR count). The Morgan fingerprint density at radius 3 is 2.56 bits per heavy atom. The molecular formula is C15H13BrClF. The average molecular weight is 328 g/mol. The van der Waals surface area contributed by atoms with Crippen LogP contribution in [0.4, 0.5) is 4.39 Å². The lowest BCUT2D eigenvalue weighted by Gasteiger charge is -2.15. The monoisotopic (exact) mass is 326 g/mol. The van der Waals surface area contributed by atoms with Crippen molar-refractivity contribution >= 4 is 27.5 Å². The molecule has 0 spiro atoms. The van der Waals surface area contributed by atoms with Crippen LogP contribution in [-0.2, 0) is 0 Å². The highest BCUT2D eigenvalue weighted by atomic mass is 79.9. The van der Waals surface area contributed by atoms with Gasteiger partial charge in [-0.05, 0) is 31.0 Å². The van der Waals surface area contributed by atoms with Crippen molar-refractivity contribution in [1.82, 2.24) is 0 Å². The molecule has 0 bridgehead atoms. The SMILES string of the molecule is Cc1ccc(C)c(C(Br)c2cccc(Cl)c2F)c1. The van der Waals surface area contributed by atoms with E-state index in [2.05, 4.69) is 22.0 Å². The van der Waals surface area contributed by atoms with Crippen LogP contribution in [0.2, 0.25) is 5.02 Å². The summed E-state index contributed by atoms with van der Waals surface area (Å²) in [4.78, 5) is -0.184. The van der Waals surface area contributed by atoms with Gasteiger partial charge in [0.05, 0.1) is 9.85 Å². The first-order chi connectivity index (χ1) is 8.50. The lowest BCUT2D eigenvalue weighted by atomic mass is 9.98. The molecule has 0 heterocycles. The molecule has 0 amide bonds. The number of halogens is 3. The molecule has 2 aromatic rings. The average Bonchev–Trinajstić information content (AvgIpc) is 2.35. The summed E-state index contributed by atoms with van der Waals surface area (Å²) in [5.41, 5.74) is 3.91. The van der Waals surface area contributed by atoms with E-state index in [4.69, 9.17) is 11.6 Å². The second-order valence-corrected chi connectivity index (χ2v) is 5.69. The van der Waals surface area contributed by atoms with E-state index in [0.29, 0.717) is 5.56 Å². The molecule has 3 heteroatoms. The Bertz CT molecular complexity index is 579. The highest BCUT2D eigenvalue weighted by Gasteiger charge is 2.18. The summed E-state index contributed by atoms with van der Waals surface area (Å²) in [6.07, 6.45) is 0. The number of alkyl halides is 1. The van der Waals surface area contributed by atoms with Crippen molar-refractivity contribution in [2.75, 3.05) is 0 Å². The first-order valence-corrected chi connectivity index (χ1v) is 6.95. The molecule has 94 valence electrons. The van der Waals surface area contributed by atoms with E-state index in [1.54, 1.807) is 18.2 Å². The van der Waals surface area contributed by atoms with Crippen LogP contribution in [0.5, 0.6) is 0 Å². The fourth-order valence-corrected chi connectivity index (χ4v) is 2.95. The fourth-order valence-electron chi connectivity index (χ4n) is 1.92. The predicted molar refractivity (Wildman–Crippen MR) is 78.1 cm³/mol. The van der Waals surface area contributed by atoms with Gasteiger partial charge in [-0.3, -0.25) is 0 Å². The lowest BCUT2D eigenvalue weighted by Crippen LogP contribution is -2.00. The van der Waals surface area contributed by atoms with Crippen molar-refractivity contribution < 1.29 is 4.39 Å². The highest BCUT2D eigenvalue weighted by Crippen LogP contribution is 2.36. The second-order valence-electron chi connectivity index (χ2n) is 4.37. The van der Waals surface area contributed by atoms with Crippen LogP contribution in [0.25, 0.3) is 0 Å². The van der Waals surface area contributed by atoms with Gasteiger partial charge in [-0.25, -0.2) is 4.39 Å². The summed E-state index contributed by atoms with van der Waals surface area (Å²) < 4.78 is 14.0. The number of aryl methyl sites for hydroxylation is 2. The van der Waals surface area contributed by atoms with E-state index in [1.807, 2.05) is 26.0 Å². The maximum atomic E-state index is 14.0. The zero-order chi connectivity index (χ0) is 13.3. The van der Waals surface area contributed by atoms with Gasteiger partial charge in [-0.1, -0.05) is 63.4 Å². The highest BCUT2D eigenvalue weighted by molar-refractivity contribution is 9.09. The molecule has 0 aromatic heterocycles.